The van der Waals surface area contributed by atoms with E-state index in [9.17, 15) is 5.11 Å². The number of nitrogens with zero attached hydrogens (tertiary/aromatic N) is 1. The molecule has 0 radical (unpaired) electrons. The van der Waals surface area contributed by atoms with Crippen LogP contribution in [0.25, 0.3) is 0 Å². The topological polar surface area (TPSA) is 33.1 Å². The smallest absolute Gasteiger partial charge is 0.0877 e. The van der Waals surface area contributed by atoms with Crippen molar-refractivity contribution in [2.75, 3.05) is 0 Å². The lowest BCUT2D eigenvalue weighted by Gasteiger charge is -2.29. The molecule has 0 aromatic carbocycles. The number of aliphatic hydroxyl groups is 1. The van der Waals surface area contributed by atoms with E-state index in [1.54, 1.807) is 6.20 Å². The molecule has 1 aliphatic rings. The molecule has 0 fully saturated rings. The van der Waals surface area contributed by atoms with E-state index in [1.807, 2.05) is 6.08 Å². The van der Waals surface area contributed by atoms with Gasteiger partial charge in [-0.05, 0) is 46.2 Å². The van der Waals surface area contributed by atoms with E-state index in [0.717, 1.165) is 22.2 Å². The predicted octanol–water partition coefficient (Wildman–Crippen LogP) is 3.17. The molecule has 0 saturated heterocycles. The molecular weight excluding hydrogens is 274 g/mol. The van der Waals surface area contributed by atoms with Crippen molar-refractivity contribution in [1.82, 2.24) is 4.37 Å². The number of allylic oxidation sites excluding steroid dienone is 1. The summed E-state index contributed by atoms with van der Waals surface area (Å²) in [6, 6.07) is 0. The quantitative estimate of drug-likeness (QED) is 0.848. The van der Waals surface area contributed by atoms with E-state index in [0.29, 0.717) is 12.3 Å². The molecule has 2 rings (SSSR count). The minimum absolute atomic E-state index is 0.593. The lowest BCUT2D eigenvalue weighted by molar-refractivity contribution is 0.0707. The number of hydrogen-bond acceptors (Lipinski definition) is 3. The highest BCUT2D eigenvalue weighted by atomic mass is 79.9. The third kappa shape index (κ3) is 2.68. The van der Waals surface area contributed by atoms with E-state index >= 15 is 0 Å². The summed E-state index contributed by atoms with van der Waals surface area (Å²) >= 11 is 4.89. The molecule has 1 aromatic rings. The van der Waals surface area contributed by atoms with Gasteiger partial charge in [-0.2, -0.15) is 4.37 Å². The third-order valence-corrected chi connectivity index (χ3v) is 4.57. The van der Waals surface area contributed by atoms with Gasteiger partial charge in [0.15, 0.2) is 0 Å². The van der Waals surface area contributed by atoms with Gasteiger partial charge in [0.05, 0.1) is 16.3 Å². The van der Waals surface area contributed by atoms with Crippen molar-refractivity contribution < 1.29 is 5.11 Å². The highest BCUT2D eigenvalue weighted by Gasteiger charge is 2.28. The highest BCUT2D eigenvalue weighted by Crippen LogP contribution is 2.32. The first-order valence-corrected chi connectivity index (χ1v) is 6.66. The summed E-state index contributed by atoms with van der Waals surface area (Å²) in [7, 11) is 0. The third-order valence-electron chi connectivity index (χ3n) is 2.83. The fourth-order valence-electron chi connectivity index (χ4n) is 1.79. The van der Waals surface area contributed by atoms with Crippen LogP contribution in [0.3, 0.4) is 0 Å². The van der Waals surface area contributed by atoms with Gasteiger partial charge in [0.1, 0.15) is 0 Å². The minimum Gasteiger partial charge on any atom is -0.385 e. The summed E-state index contributed by atoms with van der Waals surface area (Å²) in [6.45, 7) is 2.18. The molecule has 0 amide bonds. The predicted molar refractivity (Wildman–Crippen MR) is 66.0 cm³/mol. The van der Waals surface area contributed by atoms with Crippen molar-refractivity contribution in [3.8, 4) is 0 Å². The molecule has 0 spiro atoms. The maximum atomic E-state index is 10.4. The van der Waals surface area contributed by atoms with Gasteiger partial charge in [0.25, 0.3) is 0 Å². The van der Waals surface area contributed by atoms with Gasteiger partial charge < -0.3 is 5.11 Å². The summed E-state index contributed by atoms with van der Waals surface area (Å²) in [6.07, 6.45) is 8.42. The molecule has 2 nitrogen and oxygen atoms in total. The first-order chi connectivity index (χ1) is 7.09. The number of aromatic nitrogens is 1. The normalized spacial score (nSPS) is 30.7. The molecule has 2 unspecified atom stereocenters. The summed E-state index contributed by atoms with van der Waals surface area (Å²) in [5, 5.41) is 10.4. The van der Waals surface area contributed by atoms with Gasteiger partial charge in [0.2, 0.25) is 0 Å². The number of rotatable bonds is 2. The Labute approximate surface area is 102 Å². The van der Waals surface area contributed by atoms with Crippen molar-refractivity contribution in [3.63, 3.8) is 0 Å². The maximum Gasteiger partial charge on any atom is 0.0877 e. The standard InChI is InChI=1S/C11H14BrNOS/c1-8-2-4-11(14,5-3-8)6-10-9(12)7-13-15-10/h2,4,7-8,14H,3,5-6H2,1H3. The lowest BCUT2D eigenvalue weighted by atomic mass is 9.83. The Morgan fingerprint density at radius 1 is 1.73 bits per heavy atom. The van der Waals surface area contributed by atoms with E-state index in [4.69, 9.17) is 0 Å². The van der Waals surface area contributed by atoms with Crippen molar-refractivity contribution in [1.29, 1.82) is 0 Å². The zero-order valence-corrected chi connectivity index (χ0v) is 11.0. The molecule has 1 N–H and O–H groups in total. The maximum absolute atomic E-state index is 10.4. The Morgan fingerprint density at radius 3 is 3.07 bits per heavy atom. The van der Waals surface area contributed by atoms with Crippen LogP contribution in [0.2, 0.25) is 0 Å². The van der Waals surface area contributed by atoms with Crippen LogP contribution in [-0.4, -0.2) is 15.1 Å². The van der Waals surface area contributed by atoms with Crippen LogP contribution in [0.15, 0.2) is 22.8 Å². The van der Waals surface area contributed by atoms with Gasteiger partial charge in [0, 0.05) is 11.3 Å². The molecule has 0 aliphatic heterocycles. The zero-order chi connectivity index (χ0) is 10.9. The first kappa shape index (κ1) is 11.3. The fourth-order valence-corrected chi connectivity index (χ4v) is 3.13. The Morgan fingerprint density at radius 2 is 2.53 bits per heavy atom. The van der Waals surface area contributed by atoms with Crippen molar-refractivity contribution >= 4 is 27.5 Å². The number of hydrogen-bond donors (Lipinski definition) is 1. The molecule has 1 aromatic heterocycles. The summed E-state index contributed by atoms with van der Waals surface area (Å²) in [5.74, 6) is 0.593. The molecule has 2 atom stereocenters. The van der Waals surface area contributed by atoms with E-state index < -0.39 is 5.60 Å². The van der Waals surface area contributed by atoms with Crippen LogP contribution in [0.5, 0.6) is 0 Å². The van der Waals surface area contributed by atoms with Crippen LogP contribution >= 0.6 is 27.5 Å². The summed E-state index contributed by atoms with van der Waals surface area (Å²) in [5.41, 5.74) is -0.665. The molecular formula is C11H14BrNOS. The van der Waals surface area contributed by atoms with Crippen LogP contribution in [0.1, 0.15) is 24.6 Å². The second kappa shape index (κ2) is 4.36. The van der Waals surface area contributed by atoms with Crippen LogP contribution in [0, 0.1) is 5.92 Å². The molecule has 4 heteroatoms. The van der Waals surface area contributed by atoms with Gasteiger partial charge in [-0.15, -0.1) is 0 Å². The molecule has 0 bridgehead atoms. The molecule has 15 heavy (non-hydrogen) atoms. The second-order valence-corrected chi connectivity index (χ2v) is 5.99. The Hall–Kier alpha value is -0.190. The minimum atomic E-state index is -0.665. The van der Waals surface area contributed by atoms with Crippen molar-refractivity contribution in [2.24, 2.45) is 5.92 Å². The zero-order valence-electron chi connectivity index (χ0n) is 8.61. The monoisotopic (exact) mass is 287 g/mol. The molecule has 1 aliphatic carbocycles. The van der Waals surface area contributed by atoms with Crippen molar-refractivity contribution in [3.05, 3.63) is 27.7 Å². The molecule has 0 saturated carbocycles. The Kier molecular flexibility index (Phi) is 3.28. The van der Waals surface area contributed by atoms with Crippen LogP contribution < -0.4 is 0 Å². The first-order valence-electron chi connectivity index (χ1n) is 5.10. The molecule has 1 heterocycles. The molecule has 82 valence electrons. The SMILES string of the molecule is CC1C=CC(O)(Cc2sncc2Br)CC1. The van der Waals surface area contributed by atoms with Gasteiger partial charge in [-0.3, -0.25) is 0 Å². The van der Waals surface area contributed by atoms with E-state index in [1.165, 1.54) is 11.5 Å². The second-order valence-electron chi connectivity index (χ2n) is 4.25. The summed E-state index contributed by atoms with van der Waals surface area (Å²) < 4.78 is 5.10. The van der Waals surface area contributed by atoms with Gasteiger partial charge >= 0.3 is 0 Å². The highest BCUT2D eigenvalue weighted by molar-refractivity contribution is 9.10. The Balaban J connectivity index is 2.12. The van der Waals surface area contributed by atoms with Gasteiger partial charge in [-0.1, -0.05) is 19.1 Å². The average Bonchev–Trinajstić information content (AvgIpc) is 2.58. The Bertz CT molecular complexity index is 376. The fraction of sp³-hybridized carbons (Fsp3) is 0.545. The van der Waals surface area contributed by atoms with Gasteiger partial charge in [-0.25, -0.2) is 0 Å². The van der Waals surface area contributed by atoms with Crippen LogP contribution in [-0.2, 0) is 6.42 Å². The average molecular weight is 288 g/mol. The largest absolute Gasteiger partial charge is 0.385 e. The number of halogens is 1. The van der Waals surface area contributed by atoms with E-state index in [2.05, 4.69) is 33.3 Å². The summed E-state index contributed by atoms with van der Waals surface area (Å²) in [4.78, 5) is 1.12. The lowest BCUT2D eigenvalue weighted by Crippen LogP contribution is -2.31. The van der Waals surface area contributed by atoms with E-state index in [-0.39, 0.29) is 0 Å². The van der Waals surface area contributed by atoms with Crippen LogP contribution in [0.4, 0.5) is 0 Å². The van der Waals surface area contributed by atoms with Crippen molar-refractivity contribution in [2.45, 2.75) is 31.8 Å².